The largest absolute Gasteiger partial charge is 0.381 e. The summed E-state index contributed by atoms with van der Waals surface area (Å²) in [4.78, 5) is 11.4. The van der Waals surface area contributed by atoms with Crippen LogP contribution in [-0.2, 0) is 11.3 Å². The molecule has 0 heterocycles. The van der Waals surface area contributed by atoms with Gasteiger partial charge in [0, 0.05) is 39.9 Å². The molecule has 21 heavy (non-hydrogen) atoms. The van der Waals surface area contributed by atoms with E-state index in [4.69, 9.17) is 23.2 Å². The van der Waals surface area contributed by atoms with E-state index in [1.807, 2.05) is 49.4 Å². The molecule has 0 atom stereocenters. The van der Waals surface area contributed by atoms with Crippen molar-refractivity contribution in [1.29, 1.82) is 0 Å². The van der Waals surface area contributed by atoms with Gasteiger partial charge in [-0.25, -0.2) is 0 Å². The monoisotopic (exact) mass is 322 g/mol. The quantitative estimate of drug-likeness (QED) is 0.817. The number of carbonyl (C=O) groups is 1. The van der Waals surface area contributed by atoms with E-state index in [9.17, 15) is 4.79 Å². The predicted octanol–water partition coefficient (Wildman–Crippen LogP) is 4.95. The molecule has 3 nitrogen and oxygen atoms in total. The Balaban J connectivity index is 2.07. The average Bonchev–Trinajstić information content (AvgIpc) is 2.47. The summed E-state index contributed by atoms with van der Waals surface area (Å²) < 4.78 is 0. The molecule has 110 valence electrons. The van der Waals surface area contributed by atoms with Gasteiger partial charge in [-0.3, -0.25) is 4.79 Å². The highest BCUT2D eigenvalue weighted by Crippen LogP contribution is 2.25. The lowest BCUT2D eigenvalue weighted by atomic mass is 10.2. The molecule has 0 fully saturated rings. The van der Waals surface area contributed by atoms with Crippen LogP contribution in [0.2, 0.25) is 10.0 Å². The maximum Gasteiger partial charge on any atom is 0.224 e. The Bertz CT molecular complexity index is 624. The van der Waals surface area contributed by atoms with Crippen LogP contribution < -0.4 is 10.6 Å². The number of amides is 1. The molecule has 2 aromatic carbocycles. The molecule has 2 N–H and O–H groups in total. The second-order valence-corrected chi connectivity index (χ2v) is 5.35. The van der Waals surface area contributed by atoms with Crippen LogP contribution in [0.15, 0.2) is 42.5 Å². The highest BCUT2D eigenvalue weighted by atomic mass is 35.5. The fourth-order valence-corrected chi connectivity index (χ4v) is 2.38. The van der Waals surface area contributed by atoms with Gasteiger partial charge in [0.1, 0.15) is 0 Å². The zero-order valence-corrected chi connectivity index (χ0v) is 13.1. The lowest BCUT2D eigenvalue weighted by Crippen LogP contribution is -2.09. The Morgan fingerprint density at radius 2 is 1.67 bits per heavy atom. The Morgan fingerprint density at radius 3 is 2.33 bits per heavy atom. The van der Waals surface area contributed by atoms with E-state index in [1.54, 1.807) is 0 Å². The number of benzene rings is 2. The molecule has 0 saturated carbocycles. The van der Waals surface area contributed by atoms with Crippen molar-refractivity contribution >= 4 is 40.5 Å². The SMILES string of the molecule is CCC(=O)Nc1cccc(NCc2c(Cl)cccc2Cl)c1. The van der Waals surface area contributed by atoms with Gasteiger partial charge in [0.2, 0.25) is 5.91 Å². The van der Waals surface area contributed by atoms with Crippen LogP contribution >= 0.6 is 23.2 Å². The summed E-state index contributed by atoms with van der Waals surface area (Å²) in [6.07, 6.45) is 0.451. The first-order valence-corrected chi connectivity index (χ1v) is 7.42. The molecular formula is C16H16Cl2N2O. The minimum Gasteiger partial charge on any atom is -0.381 e. The molecule has 0 unspecified atom stereocenters. The maximum absolute atomic E-state index is 11.4. The Hall–Kier alpha value is -1.71. The molecule has 2 aromatic rings. The second kappa shape index (κ2) is 7.34. The standard InChI is InChI=1S/C16H16Cl2N2O/c1-2-16(21)20-12-6-3-5-11(9-12)19-10-13-14(17)7-4-8-15(13)18/h3-9,19H,2,10H2,1H3,(H,20,21). The van der Waals surface area contributed by atoms with Crippen LogP contribution in [0.4, 0.5) is 11.4 Å². The normalized spacial score (nSPS) is 10.2. The van der Waals surface area contributed by atoms with Crippen LogP contribution in [0.25, 0.3) is 0 Å². The summed E-state index contributed by atoms with van der Waals surface area (Å²) in [6, 6.07) is 13.0. The number of halogens is 2. The van der Waals surface area contributed by atoms with Crippen molar-refractivity contribution in [3.63, 3.8) is 0 Å². The third-order valence-corrected chi connectivity index (χ3v) is 3.71. The van der Waals surface area contributed by atoms with Crippen molar-refractivity contribution in [2.45, 2.75) is 19.9 Å². The van der Waals surface area contributed by atoms with E-state index >= 15 is 0 Å². The zero-order valence-electron chi connectivity index (χ0n) is 11.6. The molecule has 2 rings (SSSR count). The third-order valence-electron chi connectivity index (χ3n) is 3.00. The van der Waals surface area contributed by atoms with E-state index in [0.29, 0.717) is 23.0 Å². The van der Waals surface area contributed by atoms with Crippen LogP contribution in [0.3, 0.4) is 0 Å². The number of anilines is 2. The van der Waals surface area contributed by atoms with Crippen molar-refractivity contribution in [2.75, 3.05) is 10.6 Å². The third kappa shape index (κ3) is 4.38. The molecule has 1 amide bonds. The zero-order chi connectivity index (χ0) is 15.2. The second-order valence-electron chi connectivity index (χ2n) is 4.54. The smallest absolute Gasteiger partial charge is 0.224 e. The van der Waals surface area contributed by atoms with Crippen molar-refractivity contribution in [1.82, 2.24) is 0 Å². The summed E-state index contributed by atoms with van der Waals surface area (Å²) in [6.45, 7) is 2.33. The Morgan fingerprint density at radius 1 is 1.05 bits per heavy atom. The van der Waals surface area contributed by atoms with Crippen LogP contribution in [0.5, 0.6) is 0 Å². The van der Waals surface area contributed by atoms with E-state index < -0.39 is 0 Å². The van der Waals surface area contributed by atoms with Gasteiger partial charge in [-0.15, -0.1) is 0 Å². The van der Waals surface area contributed by atoms with Crippen LogP contribution in [-0.4, -0.2) is 5.91 Å². The summed E-state index contributed by atoms with van der Waals surface area (Å²) >= 11 is 12.3. The summed E-state index contributed by atoms with van der Waals surface area (Å²) in [5.41, 5.74) is 2.50. The first kappa shape index (κ1) is 15.7. The number of rotatable bonds is 5. The molecular weight excluding hydrogens is 307 g/mol. The van der Waals surface area contributed by atoms with Crippen molar-refractivity contribution in [3.05, 3.63) is 58.1 Å². The summed E-state index contributed by atoms with van der Waals surface area (Å²) in [5.74, 6) is -0.0127. The average molecular weight is 323 g/mol. The molecule has 0 bridgehead atoms. The fourth-order valence-electron chi connectivity index (χ4n) is 1.85. The molecule has 0 aliphatic carbocycles. The molecule has 0 aromatic heterocycles. The van der Waals surface area contributed by atoms with Crippen molar-refractivity contribution in [3.8, 4) is 0 Å². The van der Waals surface area contributed by atoms with Crippen molar-refractivity contribution < 1.29 is 4.79 Å². The maximum atomic E-state index is 11.4. The molecule has 0 aliphatic heterocycles. The number of hydrogen-bond donors (Lipinski definition) is 2. The first-order valence-electron chi connectivity index (χ1n) is 6.67. The minimum atomic E-state index is -0.0127. The highest BCUT2D eigenvalue weighted by molar-refractivity contribution is 6.36. The molecule has 5 heteroatoms. The molecule has 0 saturated heterocycles. The van der Waals surface area contributed by atoms with Gasteiger partial charge in [-0.05, 0) is 30.3 Å². The number of carbonyl (C=O) groups excluding carboxylic acids is 1. The van der Waals surface area contributed by atoms with E-state index in [-0.39, 0.29) is 5.91 Å². The van der Waals surface area contributed by atoms with Crippen LogP contribution in [0.1, 0.15) is 18.9 Å². The summed E-state index contributed by atoms with van der Waals surface area (Å²) in [7, 11) is 0. The van der Waals surface area contributed by atoms with Gasteiger partial charge in [-0.1, -0.05) is 42.3 Å². The first-order chi connectivity index (χ1) is 10.1. The van der Waals surface area contributed by atoms with Crippen LogP contribution in [0, 0.1) is 0 Å². The topological polar surface area (TPSA) is 41.1 Å². The van der Waals surface area contributed by atoms with E-state index in [1.165, 1.54) is 0 Å². The van der Waals surface area contributed by atoms with Gasteiger partial charge in [0.25, 0.3) is 0 Å². The van der Waals surface area contributed by atoms with E-state index in [0.717, 1.165) is 16.9 Å². The highest BCUT2D eigenvalue weighted by Gasteiger charge is 2.05. The fraction of sp³-hybridized carbons (Fsp3) is 0.188. The van der Waals surface area contributed by atoms with Gasteiger partial charge in [0.15, 0.2) is 0 Å². The van der Waals surface area contributed by atoms with Gasteiger partial charge < -0.3 is 10.6 Å². The van der Waals surface area contributed by atoms with Gasteiger partial charge >= 0.3 is 0 Å². The number of hydrogen-bond acceptors (Lipinski definition) is 2. The van der Waals surface area contributed by atoms with Crippen molar-refractivity contribution in [2.24, 2.45) is 0 Å². The van der Waals surface area contributed by atoms with Gasteiger partial charge in [-0.2, -0.15) is 0 Å². The lowest BCUT2D eigenvalue weighted by molar-refractivity contribution is -0.115. The minimum absolute atomic E-state index is 0.0127. The predicted molar refractivity (Wildman–Crippen MR) is 89.2 cm³/mol. The molecule has 0 spiro atoms. The molecule has 0 aliphatic rings. The molecule has 0 radical (unpaired) electrons. The van der Waals surface area contributed by atoms with E-state index in [2.05, 4.69) is 10.6 Å². The van der Waals surface area contributed by atoms with Gasteiger partial charge in [0.05, 0.1) is 0 Å². The summed E-state index contributed by atoms with van der Waals surface area (Å²) in [5, 5.41) is 7.34. The number of nitrogens with one attached hydrogen (secondary N) is 2. The Labute approximate surface area is 134 Å². The lowest BCUT2D eigenvalue weighted by Gasteiger charge is -2.11. The Kier molecular flexibility index (Phi) is 5.48.